The van der Waals surface area contributed by atoms with Crippen LogP contribution in [0.1, 0.15) is 12.8 Å². The van der Waals surface area contributed by atoms with Crippen molar-refractivity contribution in [3.05, 3.63) is 6.08 Å². The van der Waals surface area contributed by atoms with Crippen molar-refractivity contribution in [3.63, 3.8) is 0 Å². The minimum atomic E-state index is 0.734. The van der Waals surface area contributed by atoms with Crippen molar-refractivity contribution in [3.8, 4) is 0 Å². The molecule has 1 radical (unpaired) electrons. The molecule has 39 valence electrons. The Labute approximate surface area is 48.8 Å². The van der Waals surface area contributed by atoms with Crippen molar-refractivity contribution < 1.29 is 4.79 Å². The lowest BCUT2D eigenvalue weighted by molar-refractivity contribution is 0.568. The van der Waals surface area contributed by atoms with Gasteiger partial charge in [0.1, 0.15) is 5.94 Å². The maximum atomic E-state index is 9.47. The zero-order valence-corrected chi connectivity index (χ0v) is 4.83. The van der Waals surface area contributed by atoms with Crippen molar-refractivity contribution in [1.82, 2.24) is 0 Å². The largest absolute Gasteiger partial charge is 0.234 e. The number of hydrogen-bond donors (Lipinski definition) is 0. The van der Waals surface area contributed by atoms with Gasteiger partial charge in [-0.05, 0) is 18.9 Å². The molecule has 2 heteroatoms. The van der Waals surface area contributed by atoms with Crippen LogP contribution in [0.4, 0.5) is 0 Å². The van der Waals surface area contributed by atoms with Gasteiger partial charge in [-0.2, -0.15) is 0 Å². The zero-order chi connectivity index (χ0) is 5.54. The molecule has 0 heterocycles. The maximum absolute atomic E-state index is 9.47. The fraction of sp³-hybridized carbons (Fsp3) is 0.600. The third-order valence-corrected chi connectivity index (χ3v) is 0.865. The summed E-state index contributed by atoms with van der Waals surface area (Å²) in [6.07, 6.45) is 3.17. The average Bonchev–Trinajstić information content (AvgIpc) is 1.69. The summed E-state index contributed by atoms with van der Waals surface area (Å²) in [4.78, 5) is 9.47. The fourth-order valence-electron chi connectivity index (χ4n) is 0.244. The first-order chi connectivity index (χ1) is 3.41. The van der Waals surface area contributed by atoms with E-state index < -0.39 is 0 Å². The third-order valence-electron chi connectivity index (χ3n) is 0.576. The molecule has 0 atom stereocenters. The number of rotatable bonds is 3. The van der Waals surface area contributed by atoms with Crippen molar-refractivity contribution in [1.29, 1.82) is 0 Å². The molecule has 0 rings (SSSR count). The molecule has 0 amide bonds. The molecule has 0 bridgehead atoms. The summed E-state index contributed by atoms with van der Waals surface area (Å²) in [5.41, 5.74) is 0. The maximum Gasteiger partial charge on any atom is 0.120 e. The summed E-state index contributed by atoms with van der Waals surface area (Å²) >= 11 is 4.62. The number of hydrogen-bond acceptors (Lipinski definition) is 1. The number of unbranched alkanes of at least 4 members (excludes halogenated alkanes) is 1. The van der Waals surface area contributed by atoms with E-state index in [0.717, 1.165) is 18.6 Å². The van der Waals surface area contributed by atoms with Crippen LogP contribution in [0.15, 0.2) is 6.08 Å². The van der Waals surface area contributed by atoms with Crippen LogP contribution in [0.2, 0.25) is 0 Å². The monoisotopic (exact) mass is 115 g/mol. The zero-order valence-electron chi connectivity index (χ0n) is 4.02. The van der Waals surface area contributed by atoms with Crippen molar-refractivity contribution in [2.75, 3.05) is 5.75 Å². The highest BCUT2D eigenvalue weighted by Crippen LogP contribution is 1.88. The Bertz CT molecular complexity index is 74.1. The second-order valence-electron chi connectivity index (χ2n) is 1.17. The molecule has 0 aliphatic carbocycles. The predicted octanol–water partition coefficient (Wildman–Crippen LogP) is 1.35. The van der Waals surface area contributed by atoms with Crippen molar-refractivity contribution in [2.45, 2.75) is 12.8 Å². The molecule has 1 nitrogen and oxygen atoms in total. The van der Waals surface area contributed by atoms with Crippen LogP contribution in [0.3, 0.4) is 0 Å². The molecule has 7 heavy (non-hydrogen) atoms. The second-order valence-corrected chi connectivity index (χ2v) is 1.58. The lowest BCUT2D eigenvalue weighted by Gasteiger charge is -1.79. The van der Waals surface area contributed by atoms with E-state index in [1.54, 1.807) is 5.94 Å². The molecular formula is C5H7OS. The lowest BCUT2D eigenvalue weighted by atomic mass is 10.3. The van der Waals surface area contributed by atoms with Crippen LogP contribution in [0, 0.1) is 0 Å². The molecule has 0 fully saturated rings. The first kappa shape index (κ1) is 6.80. The third kappa shape index (κ3) is 5.80. The van der Waals surface area contributed by atoms with Gasteiger partial charge in [0.2, 0.25) is 0 Å². The van der Waals surface area contributed by atoms with E-state index in [1.807, 2.05) is 0 Å². The summed E-state index contributed by atoms with van der Waals surface area (Å²) in [5.74, 6) is 2.42. The highest BCUT2D eigenvalue weighted by Gasteiger charge is 1.75. The second kappa shape index (κ2) is 5.80. The van der Waals surface area contributed by atoms with Gasteiger partial charge < -0.3 is 0 Å². The molecule has 0 N–H and O–H groups in total. The molecule has 0 aliphatic heterocycles. The fourth-order valence-corrected chi connectivity index (χ4v) is 0.411. The quantitative estimate of drug-likeness (QED) is 0.401. The molecule has 0 aromatic heterocycles. The predicted molar refractivity (Wildman–Crippen MR) is 32.0 cm³/mol. The summed E-state index contributed by atoms with van der Waals surface area (Å²) in [6, 6.07) is 0. The molecule has 0 spiro atoms. The summed E-state index contributed by atoms with van der Waals surface area (Å²) in [5, 5.41) is 0. The molecule has 0 aromatic rings. The summed E-state index contributed by atoms with van der Waals surface area (Å²) in [6.45, 7) is 0. The van der Waals surface area contributed by atoms with Crippen LogP contribution in [-0.2, 0) is 4.79 Å². The van der Waals surface area contributed by atoms with Gasteiger partial charge in [-0.25, -0.2) is 4.79 Å². The first-order valence-electron chi connectivity index (χ1n) is 2.19. The van der Waals surface area contributed by atoms with E-state index in [0.29, 0.717) is 0 Å². The van der Waals surface area contributed by atoms with Crippen LogP contribution < -0.4 is 0 Å². The average molecular weight is 115 g/mol. The standard InChI is InChI=1S/C5H7OS/c6-4-2-1-3-5-7/h2H,1,3,5H2. The van der Waals surface area contributed by atoms with Gasteiger partial charge >= 0.3 is 0 Å². The van der Waals surface area contributed by atoms with Crippen LogP contribution >= 0.6 is 12.6 Å². The van der Waals surface area contributed by atoms with E-state index in [-0.39, 0.29) is 0 Å². The van der Waals surface area contributed by atoms with Gasteiger partial charge in [-0.3, -0.25) is 0 Å². The summed E-state index contributed by atoms with van der Waals surface area (Å²) < 4.78 is 0. The summed E-state index contributed by atoms with van der Waals surface area (Å²) in [7, 11) is 0. The van der Waals surface area contributed by atoms with Gasteiger partial charge in [0, 0.05) is 5.75 Å². The van der Waals surface area contributed by atoms with Crippen LogP contribution in [0.25, 0.3) is 0 Å². The SMILES string of the molecule is O=C=CCCC[S]. The molecule has 0 unspecified atom stereocenters. The normalized spacial score (nSPS) is 7.57. The van der Waals surface area contributed by atoms with E-state index in [9.17, 15) is 4.79 Å². The van der Waals surface area contributed by atoms with Gasteiger partial charge in [-0.15, -0.1) is 0 Å². The van der Waals surface area contributed by atoms with Gasteiger partial charge in [0.05, 0.1) is 0 Å². The smallest absolute Gasteiger partial charge is 0.120 e. The Morgan fingerprint density at radius 1 is 1.71 bits per heavy atom. The van der Waals surface area contributed by atoms with Gasteiger partial charge in [0.15, 0.2) is 0 Å². The Kier molecular flexibility index (Phi) is 5.63. The lowest BCUT2D eigenvalue weighted by Crippen LogP contribution is -1.69. The molecule has 0 saturated carbocycles. The highest BCUT2D eigenvalue weighted by molar-refractivity contribution is 7.80. The van der Waals surface area contributed by atoms with Crippen molar-refractivity contribution in [2.24, 2.45) is 0 Å². The minimum absolute atomic E-state index is 0.734. The Hall–Kier alpha value is -0.200. The highest BCUT2D eigenvalue weighted by atomic mass is 32.1. The molecule has 0 aliphatic rings. The van der Waals surface area contributed by atoms with E-state index >= 15 is 0 Å². The Morgan fingerprint density at radius 2 is 2.43 bits per heavy atom. The molecule has 0 saturated heterocycles. The van der Waals surface area contributed by atoms with Crippen LogP contribution in [0.5, 0.6) is 0 Å². The number of allylic oxidation sites excluding steroid dienone is 1. The van der Waals surface area contributed by atoms with Crippen molar-refractivity contribution >= 4 is 18.6 Å². The van der Waals surface area contributed by atoms with E-state index in [2.05, 4.69) is 12.6 Å². The Morgan fingerprint density at radius 3 is 2.86 bits per heavy atom. The van der Waals surface area contributed by atoms with Crippen LogP contribution in [-0.4, -0.2) is 11.7 Å². The van der Waals surface area contributed by atoms with Gasteiger partial charge in [0.25, 0.3) is 0 Å². The topological polar surface area (TPSA) is 17.1 Å². The Balaban J connectivity index is 2.83. The van der Waals surface area contributed by atoms with Gasteiger partial charge in [-0.1, -0.05) is 12.6 Å². The van der Waals surface area contributed by atoms with E-state index in [1.165, 1.54) is 6.08 Å². The minimum Gasteiger partial charge on any atom is -0.234 e. The first-order valence-corrected chi connectivity index (χ1v) is 2.77. The molecule has 0 aromatic carbocycles. The van der Waals surface area contributed by atoms with E-state index in [4.69, 9.17) is 0 Å². The number of carbonyl (C=O) groups excluding carboxylic acids is 1. The molecular weight excluding hydrogens is 108 g/mol.